The van der Waals surface area contributed by atoms with Crippen LogP contribution in [0, 0.1) is 0 Å². The zero-order valence-electron chi connectivity index (χ0n) is 29.6. The number of carbonyl (C=O) groups excluding carboxylic acids is 1. The van der Waals surface area contributed by atoms with E-state index in [1.807, 2.05) is 27.2 Å². The van der Waals surface area contributed by atoms with Gasteiger partial charge in [0.1, 0.15) is 13.2 Å². The second-order valence-corrected chi connectivity index (χ2v) is 14.7. The van der Waals surface area contributed by atoms with E-state index in [1.54, 1.807) is 6.08 Å². The molecule has 0 heterocycles. The van der Waals surface area contributed by atoms with Gasteiger partial charge in [-0.15, -0.1) is 0 Å². The number of nitrogens with one attached hydrogen (secondary N) is 1. The van der Waals surface area contributed by atoms with Crippen molar-refractivity contribution in [3.63, 3.8) is 0 Å². The Labute approximate surface area is 276 Å². The Kier molecular flexibility index (Phi) is 28.1. The second kappa shape index (κ2) is 28.9. The number of quaternary nitrogens is 1. The molecule has 0 spiro atoms. The number of nitrogens with zero attached hydrogens (tertiary/aromatic N) is 1. The quantitative estimate of drug-likeness (QED) is 0.0298. The largest absolute Gasteiger partial charge is 0.472 e. The molecule has 3 atom stereocenters. The van der Waals surface area contributed by atoms with Gasteiger partial charge in [-0.1, -0.05) is 108 Å². The fourth-order valence-corrected chi connectivity index (χ4v) is 5.37. The Hall–Kier alpha value is -1.28. The minimum atomic E-state index is -4.33. The number of likely N-dealkylation sites (N-methyl/N-ethyl adjacent to an activating group) is 1. The topological polar surface area (TPSA) is 105 Å². The lowest BCUT2D eigenvalue weighted by Gasteiger charge is -2.25. The van der Waals surface area contributed by atoms with Crippen LogP contribution in [0.2, 0.25) is 0 Å². The molecule has 0 aliphatic heterocycles. The van der Waals surface area contributed by atoms with Crippen molar-refractivity contribution in [2.24, 2.45) is 0 Å². The third kappa shape index (κ3) is 31.1. The van der Waals surface area contributed by atoms with Crippen LogP contribution >= 0.6 is 7.82 Å². The highest BCUT2D eigenvalue weighted by atomic mass is 31.2. The van der Waals surface area contributed by atoms with Gasteiger partial charge in [-0.3, -0.25) is 13.8 Å². The maximum Gasteiger partial charge on any atom is 0.472 e. The maximum absolute atomic E-state index is 12.7. The average Bonchev–Trinajstić information content (AvgIpc) is 2.97. The number of phosphoric ester groups is 1. The molecule has 45 heavy (non-hydrogen) atoms. The number of allylic oxidation sites excluding steroid dienone is 5. The van der Waals surface area contributed by atoms with Crippen molar-refractivity contribution in [3.8, 4) is 0 Å². The van der Waals surface area contributed by atoms with Crippen molar-refractivity contribution in [1.29, 1.82) is 0 Å². The van der Waals surface area contributed by atoms with Crippen LogP contribution in [-0.2, 0) is 18.4 Å². The standard InChI is InChI=1S/C36H69N2O6P/c1-6-8-10-12-14-16-18-20-22-24-26-28-30-36(40)37-34(33-44-45(41,42)43-32-31-38(3,4)5)35(39)29-27-25-23-21-19-17-15-13-11-9-7-2/h14,16,19,21,27,29,34-35,39H,6-13,15,17-18,20,22-26,28,30-33H2,1-5H3,(H-,37,40,41,42)/p+1/b16-14-,21-19+,29-27+. The van der Waals surface area contributed by atoms with Gasteiger partial charge in [0.15, 0.2) is 0 Å². The van der Waals surface area contributed by atoms with E-state index in [1.165, 1.54) is 64.2 Å². The lowest BCUT2D eigenvalue weighted by molar-refractivity contribution is -0.870. The summed E-state index contributed by atoms with van der Waals surface area (Å²) in [5.41, 5.74) is 0. The third-order valence-corrected chi connectivity index (χ3v) is 8.57. The zero-order chi connectivity index (χ0) is 33.7. The molecule has 0 saturated carbocycles. The molecular weight excluding hydrogens is 587 g/mol. The molecule has 0 aliphatic carbocycles. The summed E-state index contributed by atoms with van der Waals surface area (Å²) in [6.45, 7) is 4.70. The summed E-state index contributed by atoms with van der Waals surface area (Å²) < 4.78 is 23.3. The Morgan fingerprint density at radius 1 is 0.733 bits per heavy atom. The molecule has 0 aliphatic rings. The predicted molar refractivity (Wildman–Crippen MR) is 189 cm³/mol. The zero-order valence-corrected chi connectivity index (χ0v) is 30.5. The lowest BCUT2D eigenvalue weighted by atomic mass is 10.1. The first-order valence-electron chi connectivity index (χ1n) is 17.9. The van der Waals surface area contributed by atoms with E-state index >= 15 is 0 Å². The second-order valence-electron chi connectivity index (χ2n) is 13.2. The van der Waals surface area contributed by atoms with E-state index in [0.29, 0.717) is 17.4 Å². The van der Waals surface area contributed by atoms with Crippen LogP contribution < -0.4 is 5.32 Å². The molecule has 3 N–H and O–H groups in total. The maximum atomic E-state index is 12.7. The molecule has 8 nitrogen and oxygen atoms in total. The molecule has 0 rings (SSSR count). The molecule has 3 unspecified atom stereocenters. The normalized spacial score (nSPS) is 15.3. The van der Waals surface area contributed by atoms with Crippen LogP contribution in [0.3, 0.4) is 0 Å². The molecule has 264 valence electrons. The number of aliphatic hydroxyl groups excluding tert-OH is 1. The molecule has 0 aromatic heterocycles. The first kappa shape index (κ1) is 43.7. The highest BCUT2D eigenvalue weighted by Gasteiger charge is 2.27. The van der Waals surface area contributed by atoms with Crippen LogP contribution in [0.15, 0.2) is 36.5 Å². The van der Waals surface area contributed by atoms with Gasteiger partial charge in [0.05, 0.1) is 39.9 Å². The van der Waals surface area contributed by atoms with E-state index < -0.39 is 20.0 Å². The van der Waals surface area contributed by atoms with Crippen molar-refractivity contribution in [3.05, 3.63) is 36.5 Å². The van der Waals surface area contributed by atoms with Crippen LogP contribution in [0.25, 0.3) is 0 Å². The average molecular weight is 658 g/mol. The monoisotopic (exact) mass is 657 g/mol. The number of hydrogen-bond acceptors (Lipinski definition) is 5. The molecule has 0 fully saturated rings. The fourth-order valence-electron chi connectivity index (χ4n) is 4.64. The highest BCUT2D eigenvalue weighted by Crippen LogP contribution is 2.43. The summed E-state index contributed by atoms with van der Waals surface area (Å²) >= 11 is 0. The Balaban J connectivity index is 4.66. The summed E-state index contributed by atoms with van der Waals surface area (Å²) in [5.74, 6) is -0.202. The molecule has 1 amide bonds. The first-order chi connectivity index (χ1) is 21.5. The molecular formula is C36H70N2O6P+. The minimum absolute atomic E-state index is 0.0538. The van der Waals surface area contributed by atoms with Gasteiger partial charge < -0.3 is 19.8 Å². The molecule has 0 aromatic carbocycles. The van der Waals surface area contributed by atoms with E-state index in [0.717, 1.165) is 51.4 Å². The van der Waals surface area contributed by atoms with Gasteiger partial charge in [-0.05, 0) is 57.8 Å². The van der Waals surface area contributed by atoms with E-state index in [-0.39, 0.29) is 19.1 Å². The molecule has 0 bridgehead atoms. The number of amides is 1. The van der Waals surface area contributed by atoms with E-state index in [2.05, 4.69) is 43.5 Å². The first-order valence-corrected chi connectivity index (χ1v) is 19.4. The number of hydrogen-bond donors (Lipinski definition) is 3. The Morgan fingerprint density at radius 3 is 1.82 bits per heavy atom. The predicted octanol–water partition coefficient (Wildman–Crippen LogP) is 8.79. The smallest absolute Gasteiger partial charge is 0.387 e. The van der Waals surface area contributed by atoms with Crippen molar-refractivity contribution in [2.45, 2.75) is 148 Å². The Bertz CT molecular complexity index is 840. The molecule has 9 heteroatoms. The van der Waals surface area contributed by atoms with Crippen molar-refractivity contribution < 1.29 is 32.9 Å². The van der Waals surface area contributed by atoms with Crippen LogP contribution in [-0.4, -0.2) is 73.4 Å². The molecule has 0 radical (unpaired) electrons. The summed E-state index contributed by atoms with van der Waals surface area (Å²) in [6.07, 6.45) is 32.1. The minimum Gasteiger partial charge on any atom is -0.387 e. The van der Waals surface area contributed by atoms with Gasteiger partial charge in [0.2, 0.25) is 5.91 Å². The number of carbonyl (C=O) groups is 1. The molecule has 0 saturated heterocycles. The van der Waals surface area contributed by atoms with E-state index in [4.69, 9.17) is 9.05 Å². The van der Waals surface area contributed by atoms with Crippen LogP contribution in [0.1, 0.15) is 136 Å². The van der Waals surface area contributed by atoms with Gasteiger partial charge >= 0.3 is 7.82 Å². The van der Waals surface area contributed by atoms with Crippen molar-refractivity contribution in [1.82, 2.24) is 5.32 Å². The van der Waals surface area contributed by atoms with Gasteiger partial charge in [0, 0.05) is 6.42 Å². The number of aliphatic hydroxyl groups is 1. The van der Waals surface area contributed by atoms with Crippen molar-refractivity contribution in [2.75, 3.05) is 40.9 Å². The van der Waals surface area contributed by atoms with Crippen LogP contribution in [0.5, 0.6) is 0 Å². The fraction of sp³-hybridized carbons (Fsp3) is 0.806. The SMILES string of the molecule is CCCCC/C=C\CCCCCCCC(=O)NC(COP(=O)(O)OCC[N+](C)(C)C)C(O)/C=C/CC/C=C/CCCCCCC. The summed E-state index contributed by atoms with van der Waals surface area (Å²) in [5, 5.41) is 13.7. The van der Waals surface area contributed by atoms with Gasteiger partial charge in [0.25, 0.3) is 0 Å². The number of phosphoric acid groups is 1. The summed E-state index contributed by atoms with van der Waals surface area (Å²) in [7, 11) is 1.54. The van der Waals surface area contributed by atoms with Crippen molar-refractivity contribution >= 4 is 13.7 Å². The third-order valence-electron chi connectivity index (χ3n) is 7.58. The van der Waals surface area contributed by atoms with Gasteiger partial charge in [-0.25, -0.2) is 4.57 Å². The van der Waals surface area contributed by atoms with E-state index in [9.17, 15) is 19.4 Å². The summed E-state index contributed by atoms with van der Waals surface area (Å²) in [6, 6.07) is -0.862. The number of rotatable bonds is 31. The number of unbranched alkanes of at least 4 members (excludes halogenated alkanes) is 14. The lowest BCUT2D eigenvalue weighted by Crippen LogP contribution is -2.45. The Morgan fingerprint density at radius 2 is 1.22 bits per heavy atom. The molecule has 0 aromatic rings. The van der Waals surface area contributed by atoms with Crippen LogP contribution in [0.4, 0.5) is 0 Å². The summed E-state index contributed by atoms with van der Waals surface area (Å²) in [4.78, 5) is 22.9. The highest BCUT2D eigenvalue weighted by molar-refractivity contribution is 7.47. The van der Waals surface area contributed by atoms with Gasteiger partial charge in [-0.2, -0.15) is 0 Å².